The van der Waals surface area contributed by atoms with Crippen molar-refractivity contribution in [3.8, 4) is 0 Å². The van der Waals surface area contributed by atoms with Crippen LogP contribution in [0.3, 0.4) is 0 Å². The predicted octanol–water partition coefficient (Wildman–Crippen LogP) is 1.14. The van der Waals surface area contributed by atoms with Gasteiger partial charge in [-0.2, -0.15) is 0 Å². The Morgan fingerprint density at radius 2 is 1.68 bits per heavy atom. The summed E-state index contributed by atoms with van der Waals surface area (Å²) in [6, 6.07) is 9.81. The molecule has 162 valence electrons. The van der Waals surface area contributed by atoms with E-state index >= 15 is 0 Å². The smallest absolute Gasteiger partial charge is 0.220 e. The summed E-state index contributed by atoms with van der Waals surface area (Å²) in [4.78, 5) is 22.4. The average Bonchev–Trinajstić information content (AvgIpc) is 2.72. The van der Waals surface area contributed by atoms with Crippen LogP contribution in [0.25, 0.3) is 0 Å². The molecule has 2 atom stereocenters. The maximum atomic E-state index is 11.6. The van der Waals surface area contributed by atoms with E-state index in [4.69, 9.17) is 10.5 Å². The first-order chi connectivity index (χ1) is 13.6. The van der Waals surface area contributed by atoms with Crippen LogP contribution in [0, 0.1) is 5.92 Å². The maximum Gasteiger partial charge on any atom is 0.220 e. The van der Waals surface area contributed by atoms with Crippen LogP contribution in [0.5, 0.6) is 0 Å². The number of nitrogens with one attached hydrogen (secondary N) is 1. The third-order valence-corrected chi connectivity index (χ3v) is 3.96. The topological polar surface area (TPSA) is 122 Å². The minimum Gasteiger partial charge on any atom is -0.392 e. The zero-order valence-corrected chi connectivity index (χ0v) is 17.9. The van der Waals surface area contributed by atoms with Crippen molar-refractivity contribution in [3.05, 3.63) is 35.9 Å². The standard InChI is InChI=1S/C16H25N3O2.2C2H6.CH3NO/c17-16(21)14(10-13-4-2-1-3-5-13)11-15(20)12-19-8-6-18-7-9-19;2*1-2;2-1-3/h1-5,14-15,18,20H,6-12H2,(H2,17,21);2*1-2H3;1H,(H2,2,3)/t14-,15+;;;/m1.../s1. The van der Waals surface area contributed by atoms with Gasteiger partial charge < -0.3 is 21.9 Å². The molecular weight excluding hydrogens is 356 g/mol. The lowest BCUT2D eigenvalue weighted by molar-refractivity contribution is -0.122. The van der Waals surface area contributed by atoms with Crippen LogP contribution < -0.4 is 16.8 Å². The third kappa shape index (κ3) is 14.1. The summed E-state index contributed by atoms with van der Waals surface area (Å²) in [7, 11) is 0. The van der Waals surface area contributed by atoms with Crippen LogP contribution in [-0.2, 0) is 16.0 Å². The number of piperazine rings is 1. The van der Waals surface area contributed by atoms with Gasteiger partial charge in [0, 0.05) is 38.6 Å². The fraction of sp³-hybridized carbons (Fsp3) is 0.619. The highest BCUT2D eigenvalue weighted by atomic mass is 16.3. The quantitative estimate of drug-likeness (QED) is 0.515. The molecule has 7 nitrogen and oxygen atoms in total. The second-order valence-corrected chi connectivity index (χ2v) is 5.87. The van der Waals surface area contributed by atoms with Gasteiger partial charge in [-0.3, -0.25) is 14.5 Å². The van der Waals surface area contributed by atoms with E-state index in [-0.39, 0.29) is 18.2 Å². The number of benzene rings is 1. The van der Waals surface area contributed by atoms with Gasteiger partial charge in [-0.05, 0) is 18.4 Å². The van der Waals surface area contributed by atoms with Gasteiger partial charge in [0.25, 0.3) is 0 Å². The van der Waals surface area contributed by atoms with E-state index in [1.54, 1.807) is 0 Å². The molecule has 0 saturated carbocycles. The minimum atomic E-state index is -0.510. The molecule has 1 aromatic carbocycles. The van der Waals surface area contributed by atoms with Gasteiger partial charge in [0.15, 0.2) is 0 Å². The molecule has 1 heterocycles. The van der Waals surface area contributed by atoms with E-state index in [9.17, 15) is 9.90 Å². The predicted molar refractivity (Wildman–Crippen MR) is 116 cm³/mol. The van der Waals surface area contributed by atoms with E-state index in [1.165, 1.54) is 0 Å². The summed E-state index contributed by atoms with van der Waals surface area (Å²) in [5.41, 5.74) is 10.7. The number of aliphatic hydroxyl groups excluding tert-OH is 1. The van der Waals surface area contributed by atoms with Crippen molar-refractivity contribution < 1.29 is 14.7 Å². The van der Waals surface area contributed by atoms with Crippen molar-refractivity contribution in [2.45, 2.75) is 46.6 Å². The summed E-state index contributed by atoms with van der Waals surface area (Å²) >= 11 is 0. The first kappa shape index (κ1) is 28.3. The van der Waals surface area contributed by atoms with E-state index in [2.05, 4.69) is 16.0 Å². The molecule has 1 aliphatic heterocycles. The maximum absolute atomic E-state index is 11.6. The van der Waals surface area contributed by atoms with E-state index < -0.39 is 6.10 Å². The number of nitrogens with two attached hydrogens (primary N) is 2. The molecule has 1 aromatic rings. The summed E-state index contributed by atoms with van der Waals surface area (Å²) in [6.45, 7) is 12.4. The largest absolute Gasteiger partial charge is 0.392 e. The Balaban J connectivity index is 0. The van der Waals surface area contributed by atoms with Crippen LogP contribution in [0.1, 0.15) is 39.7 Å². The summed E-state index contributed by atoms with van der Waals surface area (Å²) in [6.07, 6.45) is 0.757. The van der Waals surface area contributed by atoms with Crippen LogP contribution in [0.15, 0.2) is 30.3 Å². The number of β-amino-alcohol motifs (C(OH)–C–C–N with tert-alkyl or cyclic N) is 1. The molecule has 6 N–H and O–H groups in total. The number of amides is 2. The highest BCUT2D eigenvalue weighted by Gasteiger charge is 2.22. The fourth-order valence-electron chi connectivity index (χ4n) is 2.79. The van der Waals surface area contributed by atoms with Gasteiger partial charge in [-0.15, -0.1) is 0 Å². The number of rotatable bonds is 7. The number of carbonyl (C=O) groups is 2. The lowest BCUT2D eigenvalue weighted by Gasteiger charge is -2.30. The summed E-state index contributed by atoms with van der Waals surface area (Å²) < 4.78 is 0. The average molecular weight is 397 g/mol. The van der Waals surface area contributed by atoms with Crippen molar-refractivity contribution in [1.29, 1.82) is 0 Å². The Kier molecular flexibility index (Phi) is 20.0. The second-order valence-electron chi connectivity index (χ2n) is 5.87. The van der Waals surface area contributed by atoms with E-state index in [1.807, 2.05) is 58.0 Å². The van der Waals surface area contributed by atoms with E-state index in [0.717, 1.165) is 31.7 Å². The number of primary amides is 2. The zero-order valence-electron chi connectivity index (χ0n) is 17.9. The molecule has 2 amide bonds. The zero-order chi connectivity index (χ0) is 21.8. The molecule has 0 aliphatic carbocycles. The van der Waals surface area contributed by atoms with Crippen molar-refractivity contribution in [3.63, 3.8) is 0 Å². The van der Waals surface area contributed by atoms with Gasteiger partial charge in [-0.1, -0.05) is 58.0 Å². The third-order valence-electron chi connectivity index (χ3n) is 3.96. The monoisotopic (exact) mass is 396 g/mol. The highest BCUT2D eigenvalue weighted by Crippen LogP contribution is 2.15. The van der Waals surface area contributed by atoms with Crippen molar-refractivity contribution in [2.24, 2.45) is 17.4 Å². The normalized spacial score (nSPS) is 15.2. The Morgan fingerprint density at radius 1 is 1.18 bits per heavy atom. The molecule has 0 unspecified atom stereocenters. The first-order valence-corrected chi connectivity index (χ1v) is 10.2. The molecule has 7 heteroatoms. The van der Waals surface area contributed by atoms with Crippen LogP contribution >= 0.6 is 0 Å². The number of carbonyl (C=O) groups excluding carboxylic acids is 2. The molecule has 0 aromatic heterocycles. The fourth-order valence-corrected chi connectivity index (χ4v) is 2.79. The molecule has 0 bridgehead atoms. The number of hydrogen-bond donors (Lipinski definition) is 4. The minimum absolute atomic E-state index is 0.250. The summed E-state index contributed by atoms with van der Waals surface area (Å²) in [5.74, 6) is -0.650. The van der Waals surface area contributed by atoms with Gasteiger partial charge in [0.1, 0.15) is 0 Å². The molecular formula is C21H40N4O3. The lowest BCUT2D eigenvalue weighted by atomic mass is 9.93. The lowest BCUT2D eigenvalue weighted by Crippen LogP contribution is -2.46. The second kappa shape index (κ2) is 19.8. The summed E-state index contributed by atoms with van der Waals surface area (Å²) in [5, 5.41) is 13.5. The van der Waals surface area contributed by atoms with Crippen molar-refractivity contribution in [2.75, 3.05) is 32.7 Å². The molecule has 1 saturated heterocycles. The van der Waals surface area contributed by atoms with Gasteiger partial charge in [0.2, 0.25) is 12.3 Å². The van der Waals surface area contributed by atoms with Crippen molar-refractivity contribution in [1.82, 2.24) is 10.2 Å². The first-order valence-electron chi connectivity index (χ1n) is 10.2. The Labute approximate surface area is 170 Å². The van der Waals surface area contributed by atoms with Gasteiger partial charge in [0.05, 0.1) is 6.10 Å². The van der Waals surface area contributed by atoms with Gasteiger partial charge in [-0.25, -0.2) is 0 Å². The molecule has 0 spiro atoms. The SMILES string of the molecule is CC.CC.NC(=O)[C@H](Cc1ccccc1)C[C@H](O)CN1CCNCC1.NC=O. The van der Waals surface area contributed by atoms with Crippen LogP contribution in [0.2, 0.25) is 0 Å². The van der Waals surface area contributed by atoms with Crippen LogP contribution in [0.4, 0.5) is 0 Å². The van der Waals surface area contributed by atoms with Crippen LogP contribution in [-0.4, -0.2) is 61.2 Å². The molecule has 28 heavy (non-hydrogen) atoms. The molecule has 2 rings (SSSR count). The molecule has 1 fully saturated rings. The Hall–Kier alpha value is -1.96. The number of aliphatic hydroxyl groups is 1. The Bertz CT molecular complexity index is 480. The molecule has 0 radical (unpaired) electrons. The van der Waals surface area contributed by atoms with E-state index in [0.29, 0.717) is 19.4 Å². The molecule has 1 aliphatic rings. The number of nitrogens with zero attached hydrogens (tertiary/aromatic N) is 1. The number of hydrogen-bond acceptors (Lipinski definition) is 5. The highest BCUT2D eigenvalue weighted by molar-refractivity contribution is 5.77. The van der Waals surface area contributed by atoms with Crippen molar-refractivity contribution >= 4 is 12.3 Å². The van der Waals surface area contributed by atoms with Gasteiger partial charge >= 0.3 is 0 Å². The Morgan fingerprint density at radius 3 is 2.14 bits per heavy atom.